The second-order valence-corrected chi connectivity index (χ2v) is 7.82. The first kappa shape index (κ1) is 23.4. The monoisotopic (exact) mass is 470 g/mol. The number of hydrogen-bond donors (Lipinski definition) is 1. The van der Waals surface area contributed by atoms with Crippen molar-refractivity contribution >= 4 is 11.4 Å². The van der Waals surface area contributed by atoms with E-state index in [9.17, 15) is 22.8 Å². The van der Waals surface area contributed by atoms with Gasteiger partial charge in [-0.3, -0.25) is 14.0 Å². The maximum absolute atomic E-state index is 12.4. The van der Waals surface area contributed by atoms with Crippen molar-refractivity contribution in [3.05, 3.63) is 76.8 Å². The van der Waals surface area contributed by atoms with E-state index in [-0.39, 0.29) is 25.1 Å². The number of alkyl halides is 3. The number of hydrogen-bond acceptors (Lipinski definition) is 5. The highest BCUT2D eigenvalue weighted by molar-refractivity contribution is 5.81. The molecule has 0 aliphatic rings. The van der Waals surface area contributed by atoms with Crippen molar-refractivity contribution in [3.63, 3.8) is 0 Å². The number of pyridine rings is 1. The number of imidazole rings is 1. The minimum atomic E-state index is -4.35. The van der Waals surface area contributed by atoms with Crippen LogP contribution in [0.4, 0.5) is 13.2 Å². The van der Waals surface area contributed by atoms with Crippen LogP contribution in [-0.2, 0) is 17.8 Å². The minimum absolute atomic E-state index is 0.0694. The summed E-state index contributed by atoms with van der Waals surface area (Å²) in [4.78, 5) is 28.3. The Kier molecular flexibility index (Phi) is 6.60. The smallest absolute Gasteiger partial charge is 0.389 e. The molecule has 0 amide bonds. The molecule has 7 nitrogen and oxygen atoms in total. The third-order valence-electron chi connectivity index (χ3n) is 5.30. The van der Waals surface area contributed by atoms with Gasteiger partial charge in [0.15, 0.2) is 0 Å². The van der Waals surface area contributed by atoms with E-state index >= 15 is 0 Å². The Morgan fingerprint density at radius 2 is 1.88 bits per heavy atom. The Morgan fingerprint density at radius 1 is 1.06 bits per heavy atom. The highest BCUT2D eigenvalue weighted by Gasteiger charge is 2.27. The summed E-state index contributed by atoms with van der Waals surface area (Å²) in [6, 6.07) is 13.7. The third kappa shape index (κ3) is 5.40. The van der Waals surface area contributed by atoms with E-state index in [1.54, 1.807) is 36.7 Å². The van der Waals surface area contributed by atoms with Gasteiger partial charge in [0.1, 0.15) is 11.4 Å². The number of halogens is 3. The Balaban J connectivity index is 1.58. The van der Waals surface area contributed by atoms with Gasteiger partial charge in [0.2, 0.25) is 0 Å². The summed E-state index contributed by atoms with van der Waals surface area (Å²) in [5, 5.41) is 13.4. The van der Waals surface area contributed by atoms with E-state index in [2.05, 4.69) is 10.1 Å². The Labute approximate surface area is 192 Å². The standard InChI is InChI=1S/C24H21F3N4O3/c25-24(26,27)8-6-19(33)13-16-2-1-3-18(12-16)21-15-28-22-14-17(7-9-30(21)22)20-4-5-23(34)31(29-20)10-11-32/h1-5,7,9,12,14-15,32H,6,8,10-11,13H2. The molecule has 1 N–H and O–H groups in total. The average molecular weight is 470 g/mol. The molecule has 0 aliphatic carbocycles. The lowest BCUT2D eigenvalue weighted by molar-refractivity contribution is -0.143. The lowest BCUT2D eigenvalue weighted by atomic mass is 10.0. The summed E-state index contributed by atoms with van der Waals surface area (Å²) in [5.74, 6) is -0.465. The summed E-state index contributed by atoms with van der Waals surface area (Å²) in [5.41, 5.74) is 3.77. The molecule has 0 saturated heterocycles. The number of fused-ring (bicyclic) bond motifs is 1. The molecule has 0 bridgehead atoms. The molecule has 0 radical (unpaired) electrons. The average Bonchev–Trinajstić information content (AvgIpc) is 3.22. The maximum Gasteiger partial charge on any atom is 0.389 e. The first-order valence-corrected chi connectivity index (χ1v) is 10.6. The molecule has 176 valence electrons. The fraction of sp³-hybridized carbons (Fsp3) is 0.250. The molecule has 4 aromatic rings. The van der Waals surface area contributed by atoms with Gasteiger partial charge in [0.25, 0.3) is 5.56 Å². The first-order chi connectivity index (χ1) is 16.2. The topological polar surface area (TPSA) is 89.5 Å². The van der Waals surface area contributed by atoms with Gasteiger partial charge in [-0.1, -0.05) is 18.2 Å². The van der Waals surface area contributed by atoms with E-state index in [0.29, 0.717) is 16.9 Å². The highest BCUT2D eigenvalue weighted by atomic mass is 19.4. The van der Waals surface area contributed by atoms with Crippen molar-refractivity contribution in [1.29, 1.82) is 0 Å². The van der Waals surface area contributed by atoms with Crippen molar-refractivity contribution in [1.82, 2.24) is 19.2 Å². The van der Waals surface area contributed by atoms with Crippen LogP contribution in [0.15, 0.2) is 65.7 Å². The molecule has 0 fully saturated rings. The van der Waals surface area contributed by atoms with Gasteiger partial charge < -0.3 is 5.11 Å². The number of aliphatic hydroxyl groups is 1. The number of aliphatic hydroxyl groups excluding tert-OH is 1. The summed E-state index contributed by atoms with van der Waals surface area (Å²) in [7, 11) is 0. The van der Waals surface area contributed by atoms with Crippen LogP contribution in [-0.4, -0.2) is 42.8 Å². The van der Waals surface area contributed by atoms with Crippen LogP contribution >= 0.6 is 0 Å². The molecule has 0 unspecified atom stereocenters. The quantitative estimate of drug-likeness (QED) is 0.425. The van der Waals surface area contributed by atoms with Crippen LogP contribution in [0.2, 0.25) is 0 Å². The second-order valence-electron chi connectivity index (χ2n) is 7.82. The van der Waals surface area contributed by atoms with E-state index in [1.807, 2.05) is 22.6 Å². The molecule has 0 spiro atoms. The Hall–Kier alpha value is -3.79. The number of rotatable bonds is 8. The van der Waals surface area contributed by atoms with E-state index in [1.165, 1.54) is 10.7 Å². The SMILES string of the molecule is O=C(CCC(F)(F)F)Cc1cccc(-c2cnc3cc(-c4ccc(=O)n(CCO)n4)ccn23)c1. The molecule has 10 heteroatoms. The van der Waals surface area contributed by atoms with Crippen LogP contribution in [0.1, 0.15) is 18.4 Å². The molecule has 0 atom stereocenters. The van der Waals surface area contributed by atoms with Crippen LogP contribution in [0, 0.1) is 0 Å². The molecule has 1 aromatic carbocycles. The number of Topliss-reactive ketones (excluding diaryl/α,β-unsaturated/α-hetero) is 1. The Morgan fingerprint density at radius 3 is 2.65 bits per heavy atom. The fourth-order valence-electron chi connectivity index (χ4n) is 3.65. The number of carbonyl (C=O) groups excluding carboxylic acids is 1. The van der Waals surface area contributed by atoms with Gasteiger partial charge in [-0.2, -0.15) is 18.3 Å². The number of nitrogens with zero attached hydrogens (tertiary/aromatic N) is 4. The predicted molar refractivity (Wildman–Crippen MR) is 119 cm³/mol. The molecular formula is C24H21F3N4O3. The number of benzene rings is 1. The highest BCUT2D eigenvalue weighted by Crippen LogP contribution is 2.26. The van der Waals surface area contributed by atoms with Gasteiger partial charge in [-0.15, -0.1) is 0 Å². The largest absolute Gasteiger partial charge is 0.394 e. The lowest BCUT2D eigenvalue weighted by Gasteiger charge is -2.08. The van der Waals surface area contributed by atoms with E-state index < -0.39 is 24.8 Å². The first-order valence-electron chi connectivity index (χ1n) is 10.6. The molecule has 3 heterocycles. The molecule has 3 aromatic heterocycles. The molecule has 4 rings (SSSR count). The molecule has 0 saturated carbocycles. The summed E-state index contributed by atoms with van der Waals surface area (Å²) in [6.07, 6.45) is -2.60. The molecular weight excluding hydrogens is 449 g/mol. The fourth-order valence-corrected chi connectivity index (χ4v) is 3.65. The van der Waals surface area contributed by atoms with E-state index in [4.69, 9.17) is 5.11 Å². The van der Waals surface area contributed by atoms with Crippen LogP contribution in [0.25, 0.3) is 28.2 Å². The summed E-state index contributed by atoms with van der Waals surface area (Å²) < 4.78 is 40.2. The second kappa shape index (κ2) is 9.60. The molecule has 0 aliphatic heterocycles. The molecule has 34 heavy (non-hydrogen) atoms. The number of aromatic nitrogens is 4. The minimum Gasteiger partial charge on any atom is -0.394 e. The summed E-state index contributed by atoms with van der Waals surface area (Å²) >= 11 is 0. The van der Waals surface area contributed by atoms with Crippen LogP contribution in [0.3, 0.4) is 0 Å². The predicted octanol–water partition coefficient (Wildman–Crippen LogP) is 3.67. The number of carbonyl (C=O) groups is 1. The van der Waals surface area contributed by atoms with Gasteiger partial charge >= 0.3 is 6.18 Å². The van der Waals surface area contributed by atoms with Gasteiger partial charge in [-0.05, 0) is 29.8 Å². The van der Waals surface area contributed by atoms with Crippen molar-refractivity contribution in [2.75, 3.05) is 6.61 Å². The van der Waals surface area contributed by atoms with Crippen LogP contribution < -0.4 is 5.56 Å². The zero-order valence-corrected chi connectivity index (χ0v) is 18.0. The Bertz CT molecular complexity index is 1390. The van der Waals surface area contributed by atoms with Crippen molar-refractivity contribution in [2.24, 2.45) is 0 Å². The normalized spacial score (nSPS) is 11.8. The van der Waals surface area contributed by atoms with Crippen molar-refractivity contribution < 1.29 is 23.1 Å². The zero-order valence-electron chi connectivity index (χ0n) is 18.0. The van der Waals surface area contributed by atoms with Crippen LogP contribution in [0.5, 0.6) is 0 Å². The zero-order chi connectivity index (χ0) is 24.3. The summed E-state index contributed by atoms with van der Waals surface area (Å²) in [6.45, 7) is -0.108. The van der Waals surface area contributed by atoms with E-state index in [0.717, 1.165) is 16.8 Å². The van der Waals surface area contributed by atoms with Crippen molar-refractivity contribution in [2.45, 2.75) is 32.0 Å². The van der Waals surface area contributed by atoms with Gasteiger partial charge in [0.05, 0.1) is 37.2 Å². The lowest BCUT2D eigenvalue weighted by Crippen LogP contribution is -2.23. The maximum atomic E-state index is 12.4. The number of ketones is 1. The van der Waals surface area contributed by atoms with Crippen molar-refractivity contribution in [3.8, 4) is 22.5 Å². The third-order valence-corrected chi connectivity index (χ3v) is 5.30. The van der Waals surface area contributed by atoms with Gasteiger partial charge in [0, 0.05) is 36.2 Å². The van der Waals surface area contributed by atoms with Gasteiger partial charge in [-0.25, -0.2) is 9.67 Å².